The zero-order chi connectivity index (χ0) is 31.5. The molecule has 1 aliphatic heterocycles. The monoisotopic (exact) mass is 604 g/mol. The Morgan fingerprint density at radius 2 is 1.84 bits per heavy atom. The highest BCUT2D eigenvalue weighted by atomic mass is 19.1. The van der Waals surface area contributed by atoms with Gasteiger partial charge in [-0.2, -0.15) is 0 Å². The van der Waals surface area contributed by atoms with Crippen LogP contribution in [-0.4, -0.2) is 67.7 Å². The topological polar surface area (TPSA) is 132 Å². The molecule has 11 nitrogen and oxygen atoms in total. The SMILES string of the molecule is COc1ccnc(C(=O)N[C@H]2CCC[C@H](OCC(C)C)[C@@H](Oc3ccc(F)cc3)[C@H](C)OC2=O)c1OCOC(=O)C(C)C. The van der Waals surface area contributed by atoms with Crippen LogP contribution in [0.3, 0.4) is 0 Å². The number of halogens is 1. The normalized spacial score (nSPS) is 20.8. The molecule has 3 rings (SSSR count). The molecule has 1 aromatic carbocycles. The van der Waals surface area contributed by atoms with Gasteiger partial charge in [-0.25, -0.2) is 14.2 Å². The van der Waals surface area contributed by atoms with Crippen molar-refractivity contribution in [2.24, 2.45) is 11.8 Å². The average Bonchev–Trinajstić information content (AvgIpc) is 3.02. The Bertz CT molecular complexity index is 1220. The molecule has 0 bridgehead atoms. The molecular weight excluding hydrogens is 563 g/mol. The lowest BCUT2D eigenvalue weighted by Crippen LogP contribution is -2.47. The van der Waals surface area contributed by atoms with Crippen molar-refractivity contribution in [1.29, 1.82) is 0 Å². The van der Waals surface area contributed by atoms with Crippen LogP contribution in [0.4, 0.5) is 4.39 Å². The van der Waals surface area contributed by atoms with E-state index in [1.54, 1.807) is 20.8 Å². The lowest BCUT2D eigenvalue weighted by molar-refractivity contribution is -0.159. The highest BCUT2D eigenvalue weighted by Gasteiger charge is 2.37. The van der Waals surface area contributed by atoms with Crippen LogP contribution in [0.1, 0.15) is 64.4 Å². The van der Waals surface area contributed by atoms with E-state index in [1.807, 2.05) is 13.8 Å². The Balaban J connectivity index is 1.78. The van der Waals surface area contributed by atoms with E-state index >= 15 is 0 Å². The molecule has 1 N–H and O–H groups in total. The molecular formula is C31H41FN2O9. The van der Waals surface area contributed by atoms with Crippen LogP contribution in [0.25, 0.3) is 0 Å². The predicted octanol–water partition coefficient (Wildman–Crippen LogP) is 4.47. The van der Waals surface area contributed by atoms with Crippen molar-refractivity contribution in [3.63, 3.8) is 0 Å². The summed E-state index contributed by atoms with van der Waals surface area (Å²) in [6, 6.07) is 6.06. The number of hydrogen-bond donors (Lipinski definition) is 1. The van der Waals surface area contributed by atoms with Gasteiger partial charge in [-0.15, -0.1) is 0 Å². The van der Waals surface area contributed by atoms with Gasteiger partial charge in [-0.1, -0.05) is 27.7 Å². The van der Waals surface area contributed by atoms with E-state index in [0.29, 0.717) is 25.2 Å². The summed E-state index contributed by atoms with van der Waals surface area (Å²) in [5.74, 6) is -1.79. The number of carbonyl (C=O) groups is 3. The molecule has 4 atom stereocenters. The van der Waals surface area contributed by atoms with Gasteiger partial charge in [-0.05, 0) is 56.4 Å². The number of aromatic nitrogens is 1. The first-order chi connectivity index (χ1) is 20.5. The maximum absolute atomic E-state index is 13.5. The van der Waals surface area contributed by atoms with Crippen molar-refractivity contribution >= 4 is 17.8 Å². The molecule has 1 aliphatic rings. The Morgan fingerprint density at radius 1 is 1.12 bits per heavy atom. The van der Waals surface area contributed by atoms with E-state index in [2.05, 4.69) is 10.3 Å². The molecule has 12 heteroatoms. The molecule has 236 valence electrons. The van der Waals surface area contributed by atoms with E-state index in [4.69, 9.17) is 28.4 Å². The van der Waals surface area contributed by atoms with Crippen molar-refractivity contribution in [2.75, 3.05) is 20.5 Å². The third-order valence-corrected chi connectivity index (χ3v) is 6.61. The van der Waals surface area contributed by atoms with Gasteiger partial charge in [-0.3, -0.25) is 9.59 Å². The lowest BCUT2D eigenvalue weighted by atomic mass is 10.0. The van der Waals surface area contributed by atoms with Crippen LogP contribution < -0.4 is 19.5 Å². The number of rotatable bonds is 12. The summed E-state index contributed by atoms with van der Waals surface area (Å²) in [6.07, 6.45) is 0.746. The minimum Gasteiger partial charge on any atom is -0.493 e. The number of amides is 1. The van der Waals surface area contributed by atoms with E-state index in [-0.39, 0.29) is 35.4 Å². The van der Waals surface area contributed by atoms with Crippen LogP contribution in [0, 0.1) is 17.7 Å². The summed E-state index contributed by atoms with van der Waals surface area (Å²) in [7, 11) is 1.39. The molecule has 0 unspecified atom stereocenters. The van der Waals surface area contributed by atoms with Crippen LogP contribution in [0.2, 0.25) is 0 Å². The molecule has 43 heavy (non-hydrogen) atoms. The van der Waals surface area contributed by atoms with Gasteiger partial charge >= 0.3 is 11.9 Å². The number of nitrogens with one attached hydrogen (secondary N) is 1. The van der Waals surface area contributed by atoms with Crippen LogP contribution in [0.15, 0.2) is 36.5 Å². The maximum Gasteiger partial charge on any atom is 0.329 e. The molecule has 2 heterocycles. The van der Waals surface area contributed by atoms with Crippen molar-refractivity contribution in [2.45, 2.75) is 78.2 Å². The first kappa shape index (κ1) is 33.6. The van der Waals surface area contributed by atoms with Gasteiger partial charge < -0.3 is 33.7 Å². The number of methoxy groups -OCH3 is 1. The van der Waals surface area contributed by atoms with E-state index in [0.717, 1.165) is 0 Å². The number of esters is 2. The molecule has 0 radical (unpaired) electrons. The molecule has 1 aromatic heterocycles. The molecule has 1 fully saturated rings. The van der Waals surface area contributed by atoms with Gasteiger partial charge in [0.25, 0.3) is 5.91 Å². The zero-order valence-corrected chi connectivity index (χ0v) is 25.5. The summed E-state index contributed by atoms with van der Waals surface area (Å²) < 4.78 is 47.6. The summed E-state index contributed by atoms with van der Waals surface area (Å²) in [5.41, 5.74) is -0.156. The van der Waals surface area contributed by atoms with E-state index < -0.39 is 54.8 Å². The Kier molecular flexibility index (Phi) is 12.5. The number of hydrogen-bond acceptors (Lipinski definition) is 10. The summed E-state index contributed by atoms with van der Waals surface area (Å²) in [4.78, 5) is 42.7. The Morgan fingerprint density at radius 3 is 2.49 bits per heavy atom. The fourth-order valence-electron chi connectivity index (χ4n) is 4.34. The Hall–Kier alpha value is -3.93. The summed E-state index contributed by atoms with van der Waals surface area (Å²) in [6.45, 7) is 9.10. The van der Waals surface area contributed by atoms with Gasteiger partial charge in [0.1, 0.15) is 23.7 Å². The van der Waals surface area contributed by atoms with E-state index in [9.17, 15) is 18.8 Å². The van der Waals surface area contributed by atoms with Crippen LogP contribution in [0.5, 0.6) is 17.2 Å². The predicted molar refractivity (Wildman–Crippen MR) is 153 cm³/mol. The molecule has 1 amide bonds. The number of cyclic esters (lactones) is 1. The van der Waals surface area contributed by atoms with Crippen molar-refractivity contribution in [1.82, 2.24) is 10.3 Å². The first-order valence-electron chi connectivity index (χ1n) is 14.4. The van der Waals surface area contributed by atoms with Gasteiger partial charge in [0.05, 0.1) is 19.1 Å². The fraction of sp³-hybridized carbons (Fsp3) is 0.548. The molecule has 1 saturated heterocycles. The quantitative estimate of drug-likeness (QED) is 0.274. The second kappa shape index (κ2) is 16.1. The highest BCUT2D eigenvalue weighted by molar-refractivity contribution is 5.98. The minimum absolute atomic E-state index is 0.0428. The zero-order valence-electron chi connectivity index (χ0n) is 25.5. The molecule has 0 spiro atoms. The number of nitrogens with zero attached hydrogens (tertiary/aromatic N) is 1. The van der Waals surface area contributed by atoms with Crippen molar-refractivity contribution < 1.29 is 47.2 Å². The van der Waals surface area contributed by atoms with Crippen molar-refractivity contribution in [3.05, 3.63) is 48.0 Å². The smallest absolute Gasteiger partial charge is 0.329 e. The van der Waals surface area contributed by atoms with Gasteiger partial charge in [0, 0.05) is 18.9 Å². The lowest BCUT2D eigenvalue weighted by Gasteiger charge is -2.32. The molecule has 0 saturated carbocycles. The molecule has 2 aromatic rings. The standard InChI is InChI=1S/C31H41FN2O9/c1-18(2)16-39-25-9-7-8-23(31(37)42-20(5)27(25)43-22-12-10-21(32)11-13-22)34-29(35)26-28(24(38-6)14-15-33-26)40-17-41-30(36)19(3)4/h10-15,18-20,23,25,27H,7-9,16-17H2,1-6H3,(H,34,35)/t20-,23-,25-,27-/m0/s1. The number of pyridine rings is 1. The minimum atomic E-state index is -1.01. The van der Waals surface area contributed by atoms with Gasteiger partial charge in [0.2, 0.25) is 6.79 Å². The Labute approximate surface area is 251 Å². The third kappa shape index (κ3) is 9.81. The summed E-state index contributed by atoms with van der Waals surface area (Å²) >= 11 is 0. The fourth-order valence-corrected chi connectivity index (χ4v) is 4.34. The van der Waals surface area contributed by atoms with Crippen LogP contribution in [-0.2, 0) is 23.8 Å². The van der Waals surface area contributed by atoms with E-state index in [1.165, 1.54) is 43.6 Å². The largest absolute Gasteiger partial charge is 0.493 e. The first-order valence-corrected chi connectivity index (χ1v) is 14.4. The van der Waals surface area contributed by atoms with Crippen LogP contribution >= 0.6 is 0 Å². The molecule has 0 aliphatic carbocycles. The maximum atomic E-state index is 13.5. The third-order valence-electron chi connectivity index (χ3n) is 6.61. The second-order valence-electron chi connectivity index (χ2n) is 11.0. The van der Waals surface area contributed by atoms with Gasteiger partial charge in [0.15, 0.2) is 23.3 Å². The average molecular weight is 605 g/mol. The van der Waals surface area contributed by atoms with Crippen molar-refractivity contribution in [3.8, 4) is 17.2 Å². The summed E-state index contributed by atoms with van der Waals surface area (Å²) in [5, 5.41) is 2.70. The number of carbonyl (C=O) groups excluding carboxylic acids is 3. The number of ether oxygens (including phenoxy) is 6. The highest BCUT2D eigenvalue weighted by Crippen LogP contribution is 2.30. The number of benzene rings is 1. The second-order valence-corrected chi connectivity index (χ2v) is 11.0.